The van der Waals surface area contributed by atoms with Crippen molar-refractivity contribution in [2.75, 3.05) is 0 Å². The minimum absolute atomic E-state index is 0.0259. The number of pyridine rings is 1. The van der Waals surface area contributed by atoms with Crippen LogP contribution in [0.2, 0.25) is 0 Å². The van der Waals surface area contributed by atoms with E-state index in [1.807, 2.05) is 25.1 Å². The van der Waals surface area contributed by atoms with Gasteiger partial charge in [0.1, 0.15) is 11.3 Å². The molecule has 2 N–H and O–H groups in total. The highest BCUT2D eigenvalue weighted by Gasteiger charge is 2.14. The molecule has 94 valence electrons. The Kier molecular flexibility index (Phi) is 3.74. The van der Waals surface area contributed by atoms with Crippen LogP contribution in [-0.2, 0) is 6.54 Å². The van der Waals surface area contributed by atoms with Gasteiger partial charge in [-0.1, -0.05) is 6.07 Å². The van der Waals surface area contributed by atoms with Crippen molar-refractivity contribution < 1.29 is 14.3 Å². The molecule has 0 saturated carbocycles. The van der Waals surface area contributed by atoms with E-state index >= 15 is 0 Å². The molecular weight excluding hydrogens is 232 g/mol. The van der Waals surface area contributed by atoms with Crippen LogP contribution in [0.3, 0.4) is 0 Å². The highest BCUT2D eigenvalue weighted by molar-refractivity contribution is 5.88. The molecule has 0 aliphatic heterocycles. The Morgan fingerprint density at radius 3 is 3.00 bits per heavy atom. The van der Waals surface area contributed by atoms with E-state index in [0.29, 0.717) is 12.3 Å². The number of carboxylic acids is 1. The molecule has 0 amide bonds. The Morgan fingerprint density at radius 1 is 1.50 bits per heavy atom. The van der Waals surface area contributed by atoms with Gasteiger partial charge in [-0.05, 0) is 25.1 Å². The van der Waals surface area contributed by atoms with Crippen molar-refractivity contribution in [3.63, 3.8) is 0 Å². The molecule has 2 aromatic rings. The number of hydrogen-bond donors (Lipinski definition) is 2. The van der Waals surface area contributed by atoms with Crippen LogP contribution < -0.4 is 5.32 Å². The quantitative estimate of drug-likeness (QED) is 0.846. The van der Waals surface area contributed by atoms with Gasteiger partial charge in [0.05, 0.1) is 18.5 Å². The van der Waals surface area contributed by atoms with Crippen molar-refractivity contribution in [1.29, 1.82) is 0 Å². The standard InChI is InChI=1S/C13H14N2O3/c1-9(11-4-2-3-6-14-11)15-8-12-10(13(16)17)5-7-18-12/h2-7,9,15H,8H2,1H3,(H,16,17). The molecule has 0 fully saturated rings. The molecule has 2 heterocycles. The lowest BCUT2D eigenvalue weighted by Gasteiger charge is -2.12. The SMILES string of the molecule is CC(NCc1occc1C(=O)O)c1ccccn1. The highest BCUT2D eigenvalue weighted by atomic mass is 16.4. The zero-order valence-corrected chi connectivity index (χ0v) is 9.96. The van der Waals surface area contributed by atoms with Crippen LogP contribution in [0.15, 0.2) is 41.1 Å². The van der Waals surface area contributed by atoms with Crippen molar-refractivity contribution in [2.45, 2.75) is 19.5 Å². The van der Waals surface area contributed by atoms with Gasteiger partial charge in [-0.2, -0.15) is 0 Å². The number of furan rings is 1. The summed E-state index contributed by atoms with van der Waals surface area (Å²) in [6, 6.07) is 7.15. The van der Waals surface area contributed by atoms with Gasteiger partial charge < -0.3 is 14.8 Å². The maximum Gasteiger partial charge on any atom is 0.339 e. The summed E-state index contributed by atoms with van der Waals surface area (Å²) in [7, 11) is 0. The maximum absolute atomic E-state index is 10.9. The van der Waals surface area contributed by atoms with Crippen LogP contribution >= 0.6 is 0 Å². The van der Waals surface area contributed by atoms with Crippen molar-refractivity contribution in [1.82, 2.24) is 10.3 Å². The summed E-state index contributed by atoms with van der Waals surface area (Å²) in [5.41, 5.74) is 1.09. The van der Waals surface area contributed by atoms with E-state index in [9.17, 15) is 4.79 Å². The monoisotopic (exact) mass is 246 g/mol. The minimum Gasteiger partial charge on any atom is -0.478 e. The second-order valence-electron chi connectivity index (χ2n) is 3.92. The summed E-state index contributed by atoms with van der Waals surface area (Å²) in [6.07, 6.45) is 3.11. The zero-order valence-electron chi connectivity index (χ0n) is 9.96. The number of hydrogen-bond acceptors (Lipinski definition) is 4. The molecule has 0 radical (unpaired) electrons. The van der Waals surface area contributed by atoms with Gasteiger partial charge >= 0.3 is 5.97 Å². The Balaban J connectivity index is 1.99. The molecule has 5 nitrogen and oxygen atoms in total. The van der Waals surface area contributed by atoms with Crippen molar-refractivity contribution >= 4 is 5.97 Å². The fraction of sp³-hybridized carbons (Fsp3) is 0.231. The maximum atomic E-state index is 10.9. The highest BCUT2D eigenvalue weighted by Crippen LogP contribution is 2.13. The molecule has 18 heavy (non-hydrogen) atoms. The van der Waals surface area contributed by atoms with E-state index in [0.717, 1.165) is 5.69 Å². The smallest absolute Gasteiger partial charge is 0.339 e. The van der Waals surface area contributed by atoms with E-state index in [1.54, 1.807) is 6.20 Å². The molecule has 2 rings (SSSR count). The molecular formula is C13H14N2O3. The lowest BCUT2D eigenvalue weighted by Crippen LogP contribution is -2.19. The number of carboxylic acid groups (broad SMARTS) is 1. The Hall–Kier alpha value is -2.14. The van der Waals surface area contributed by atoms with Crippen molar-refractivity contribution in [2.24, 2.45) is 0 Å². The van der Waals surface area contributed by atoms with Gasteiger partial charge in [0.15, 0.2) is 0 Å². The van der Waals surface area contributed by atoms with E-state index in [-0.39, 0.29) is 11.6 Å². The van der Waals surface area contributed by atoms with Gasteiger partial charge in [-0.3, -0.25) is 4.98 Å². The third-order valence-electron chi connectivity index (χ3n) is 2.68. The zero-order chi connectivity index (χ0) is 13.0. The number of carbonyl (C=O) groups is 1. The first-order chi connectivity index (χ1) is 8.68. The average molecular weight is 246 g/mol. The third-order valence-corrected chi connectivity index (χ3v) is 2.68. The van der Waals surface area contributed by atoms with E-state index in [4.69, 9.17) is 9.52 Å². The Bertz CT molecular complexity index is 522. The first-order valence-electron chi connectivity index (χ1n) is 5.62. The van der Waals surface area contributed by atoms with E-state index in [1.165, 1.54) is 12.3 Å². The van der Waals surface area contributed by atoms with Crippen LogP contribution in [0.4, 0.5) is 0 Å². The second kappa shape index (κ2) is 5.46. The van der Waals surface area contributed by atoms with Gasteiger partial charge in [-0.15, -0.1) is 0 Å². The first kappa shape index (κ1) is 12.3. The fourth-order valence-corrected chi connectivity index (χ4v) is 1.65. The molecule has 0 aliphatic rings. The fourth-order valence-electron chi connectivity index (χ4n) is 1.65. The van der Waals surface area contributed by atoms with Gasteiger partial charge in [0.2, 0.25) is 0 Å². The number of nitrogens with zero attached hydrogens (tertiary/aromatic N) is 1. The van der Waals surface area contributed by atoms with Crippen LogP contribution in [0.5, 0.6) is 0 Å². The summed E-state index contributed by atoms with van der Waals surface area (Å²) in [5.74, 6) is -0.559. The Morgan fingerprint density at radius 2 is 2.33 bits per heavy atom. The molecule has 2 aromatic heterocycles. The summed E-state index contributed by atoms with van der Waals surface area (Å²) < 4.78 is 5.15. The van der Waals surface area contributed by atoms with Gasteiger partial charge in [0.25, 0.3) is 0 Å². The predicted octanol–water partition coefficient (Wildman–Crippen LogP) is 2.22. The summed E-state index contributed by atoms with van der Waals surface area (Å²) in [5, 5.41) is 12.1. The molecule has 1 unspecified atom stereocenters. The molecule has 0 aliphatic carbocycles. The first-order valence-corrected chi connectivity index (χ1v) is 5.62. The van der Waals surface area contributed by atoms with Crippen molar-refractivity contribution in [3.8, 4) is 0 Å². The summed E-state index contributed by atoms with van der Waals surface area (Å²) in [6.45, 7) is 2.32. The molecule has 0 saturated heterocycles. The number of aromatic nitrogens is 1. The van der Waals surface area contributed by atoms with Crippen molar-refractivity contribution in [3.05, 3.63) is 53.7 Å². The minimum atomic E-state index is -0.981. The summed E-state index contributed by atoms with van der Waals surface area (Å²) >= 11 is 0. The number of aromatic carboxylic acids is 1. The molecule has 0 spiro atoms. The molecule has 0 aromatic carbocycles. The third kappa shape index (κ3) is 2.75. The molecule has 1 atom stereocenters. The normalized spacial score (nSPS) is 12.3. The van der Waals surface area contributed by atoms with Gasteiger partial charge in [-0.25, -0.2) is 4.79 Å². The lowest BCUT2D eigenvalue weighted by atomic mass is 10.2. The topological polar surface area (TPSA) is 75.4 Å². The molecule has 5 heteroatoms. The summed E-state index contributed by atoms with van der Waals surface area (Å²) in [4.78, 5) is 15.1. The van der Waals surface area contributed by atoms with E-state index < -0.39 is 5.97 Å². The largest absolute Gasteiger partial charge is 0.478 e. The predicted molar refractivity (Wildman–Crippen MR) is 65.2 cm³/mol. The van der Waals surface area contributed by atoms with Crippen LogP contribution in [0, 0.1) is 0 Å². The lowest BCUT2D eigenvalue weighted by molar-refractivity contribution is 0.0694. The second-order valence-corrected chi connectivity index (χ2v) is 3.92. The van der Waals surface area contributed by atoms with Gasteiger partial charge in [0, 0.05) is 12.2 Å². The number of nitrogens with one attached hydrogen (secondary N) is 1. The Labute approximate surface area is 104 Å². The molecule has 0 bridgehead atoms. The van der Waals surface area contributed by atoms with Crippen LogP contribution in [-0.4, -0.2) is 16.1 Å². The van der Waals surface area contributed by atoms with Crippen LogP contribution in [0.1, 0.15) is 34.8 Å². The average Bonchev–Trinajstić information content (AvgIpc) is 2.85. The van der Waals surface area contributed by atoms with E-state index in [2.05, 4.69) is 10.3 Å². The van der Waals surface area contributed by atoms with Crippen LogP contribution in [0.25, 0.3) is 0 Å². The number of rotatable bonds is 5.